The van der Waals surface area contributed by atoms with Gasteiger partial charge in [-0.05, 0) is 49.9 Å². The van der Waals surface area contributed by atoms with Gasteiger partial charge >= 0.3 is 0 Å². The van der Waals surface area contributed by atoms with Crippen molar-refractivity contribution in [3.05, 3.63) is 35.4 Å². The number of rotatable bonds is 1. The number of hydrogen-bond donors (Lipinski definition) is 0. The highest BCUT2D eigenvalue weighted by atomic mass is 15.2. The standard InChI is InChI=1S/C15H18N2/c16-11-12-4-6-13(7-5-12)15-9-8-14-3-1-2-10-17(14)15/h4-7,14-15H,1-3,8-10H2/t14-,15-/m0/s1. The van der Waals surface area contributed by atoms with Gasteiger partial charge in [-0.2, -0.15) is 5.26 Å². The summed E-state index contributed by atoms with van der Waals surface area (Å²) in [6.07, 6.45) is 6.78. The topological polar surface area (TPSA) is 27.0 Å². The number of piperidine rings is 1. The average Bonchev–Trinajstić information content (AvgIpc) is 2.83. The quantitative estimate of drug-likeness (QED) is 0.735. The molecule has 2 heteroatoms. The van der Waals surface area contributed by atoms with Crippen molar-refractivity contribution >= 4 is 0 Å². The van der Waals surface area contributed by atoms with Crippen molar-refractivity contribution < 1.29 is 0 Å². The molecule has 0 spiro atoms. The first-order chi connectivity index (χ1) is 8.38. The van der Waals surface area contributed by atoms with Gasteiger partial charge in [0.1, 0.15) is 0 Å². The number of nitrogens with zero attached hydrogens (tertiary/aromatic N) is 2. The number of hydrogen-bond acceptors (Lipinski definition) is 2. The highest BCUT2D eigenvalue weighted by Gasteiger charge is 2.35. The van der Waals surface area contributed by atoms with Gasteiger partial charge < -0.3 is 0 Å². The molecular formula is C15H18N2. The lowest BCUT2D eigenvalue weighted by atomic mass is 10.0. The Bertz CT molecular complexity index is 429. The average molecular weight is 226 g/mol. The molecule has 2 nitrogen and oxygen atoms in total. The van der Waals surface area contributed by atoms with Crippen LogP contribution in [0, 0.1) is 11.3 Å². The number of fused-ring (bicyclic) bond motifs is 1. The van der Waals surface area contributed by atoms with Crippen LogP contribution in [0.25, 0.3) is 0 Å². The predicted octanol–water partition coefficient (Wildman–Crippen LogP) is 3.25. The van der Waals surface area contributed by atoms with Crippen LogP contribution in [0.4, 0.5) is 0 Å². The Morgan fingerprint density at radius 2 is 1.88 bits per heavy atom. The summed E-state index contributed by atoms with van der Waals surface area (Å²) in [5.74, 6) is 0. The van der Waals surface area contributed by atoms with E-state index in [4.69, 9.17) is 5.26 Å². The molecule has 2 aliphatic heterocycles. The Hall–Kier alpha value is -1.33. The summed E-state index contributed by atoms with van der Waals surface area (Å²) in [7, 11) is 0. The zero-order chi connectivity index (χ0) is 11.7. The van der Waals surface area contributed by atoms with Gasteiger partial charge in [-0.25, -0.2) is 0 Å². The van der Waals surface area contributed by atoms with Crippen LogP contribution in [0.5, 0.6) is 0 Å². The maximum absolute atomic E-state index is 8.82. The van der Waals surface area contributed by atoms with E-state index in [9.17, 15) is 0 Å². The van der Waals surface area contributed by atoms with Crippen molar-refractivity contribution in [2.75, 3.05) is 6.54 Å². The number of benzene rings is 1. The molecule has 0 aliphatic carbocycles. The molecule has 3 rings (SSSR count). The van der Waals surface area contributed by atoms with Crippen molar-refractivity contribution in [2.45, 2.75) is 44.2 Å². The van der Waals surface area contributed by atoms with E-state index < -0.39 is 0 Å². The Labute approximate surface area is 103 Å². The van der Waals surface area contributed by atoms with E-state index in [-0.39, 0.29) is 0 Å². The van der Waals surface area contributed by atoms with Crippen LogP contribution >= 0.6 is 0 Å². The molecule has 88 valence electrons. The normalized spacial score (nSPS) is 28.6. The Kier molecular flexibility index (Phi) is 2.86. The van der Waals surface area contributed by atoms with E-state index in [0.717, 1.165) is 11.6 Å². The molecule has 0 amide bonds. The molecule has 17 heavy (non-hydrogen) atoms. The van der Waals surface area contributed by atoms with E-state index >= 15 is 0 Å². The fourth-order valence-corrected chi connectivity index (χ4v) is 3.40. The molecule has 0 saturated carbocycles. The Morgan fingerprint density at radius 3 is 2.65 bits per heavy atom. The maximum atomic E-state index is 8.82. The lowest BCUT2D eigenvalue weighted by molar-refractivity contribution is 0.150. The summed E-state index contributed by atoms with van der Waals surface area (Å²) >= 11 is 0. The van der Waals surface area contributed by atoms with Crippen LogP contribution < -0.4 is 0 Å². The molecule has 1 aromatic carbocycles. The second-order valence-corrected chi connectivity index (χ2v) is 5.21. The molecule has 0 radical (unpaired) electrons. The molecule has 0 bridgehead atoms. The fourth-order valence-electron chi connectivity index (χ4n) is 3.40. The SMILES string of the molecule is N#Cc1ccc([C@@H]2CC[C@@H]3CCCCN32)cc1. The van der Waals surface area contributed by atoms with Crippen molar-refractivity contribution in [1.29, 1.82) is 5.26 Å². The summed E-state index contributed by atoms with van der Waals surface area (Å²) in [6.45, 7) is 1.26. The Balaban J connectivity index is 1.81. The molecule has 1 aromatic rings. The molecule has 2 atom stereocenters. The van der Waals surface area contributed by atoms with Gasteiger partial charge in [0.15, 0.2) is 0 Å². The predicted molar refractivity (Wildman–Crippen MR) is 67.5 cm³/mol. The highest BCUT2D eigenvalue weighted by Crippen LogP contribution is 2.40. The molecular weight excluding hydrogens is 208 g/mol. The monoisotopic (exact) mass is 226 g/mol. The molecule has 2 saturated heterocycles. The van der Waals surface area contributed by atoms with E-state index in [0.29, 0.717) is 6.04 Å². The van der Waals surface area contributed by atoms with Crippen molar-refractivity contribution in [3.8, 4) is 6.07 Å². The summed E-state index contributed by atoms with van der Waals surface area (Å²) in [5.41, 5.74) is 2.16. The summed E-state index contributed by atoms with van der Waals surface area (Å²) in [6, 6.07) is 11.8. The lowest BCUT2D eigenvalue weighted by Crippen LogP contribution is -2.35. The van der Waals surface area contributed by atoms with Crippen molar-refractivity contribution in [3.63, 3.8) is 0 Å². The molecule has 0 aromatic heterocycles. The third kappa shape index (κ3) is 1.96. The summed E-state index contributed by atoms with van der Waals surface area (Å²) in [4.78, 5) is 2.69. The highest BCUT2D eigenvalue weighted by molar-refractivity contribution is 5.33. The van der Waals surface area contributed by atoms with Crippen LogP contribution in [0.2, 0.25) is 0 Å². The van der Waals surface area contributed by atoms with Crippen LogP contribution in [-0.4, -0.2) is 17.5 Å². The minimum atomic E-state index is 0.605. The molecule has 2 aliphatic rings. The summed E-state index contributed by atoms with van der Waals surface area (Å²) in [5, 5.41) is 8.82. The summed E-state index contributed by atoms with van der Waals surface area (Å²) < 4.78 is 0. The largest absolute Gasteiger partial charge is 0.293 e. The first-order valence-electron chi connectivity index (χ1n) is 6.64. The van der Waals surface area contributed by atoms with Gasteiger partial charge in [-0.15, -0.1) is 0 Å². The second kappa shape index (κ2) is 4.50. The third-order valence-corrected chi connectivity index (χ3v) is 4.27. The van der Waals surface area contributed by atoms with Crippen molar-refractivity contribution in [2.24, 2.45) is 0 Å². The van der Waals surface area contributed by atoms with E-state index in [1.54, 1.807) is 0 Å². The minimum absolute atomic E-state index is 0.605. The number of nitriles is 1. The van der Waals surface area contributed by atoms with E-state index in [2.05, 4.69) is 23.1 Å². The third-order valence-electron chi connectivity index (χ3n) is 4.27. The van der Waals surface area contributed by atoms with Gasteiger partial charge in [0.05, 0.1) is 11.6 Å². The first kappa shape index (κ1) is 10.8. The van der Waals surface area contributed by atoms with Gasteiger partial charge in [-0.3, -0.25) is 4.90 Å². The molecule has 2 fully saturated rings. The van der Waals surface area contributed by atoms with Crippen LogP contribution in [0.3, 0.4) is 0 Å². The maximum Gasteiger partial charge on any atom is 0.0991 e. The van der Waals surface area contributed by atoms with Crippen LogP contribution in [0.15, 0.2) is 24.3 Å². The zero-order valence-electron chi connectivity index (χ0n) is 10.1. The zero-order valence-corrected chi connectivity index (χ0v) is 10.1. The van der Waals surface area contributed by atoms with Gasteiger partial charge in [0, 0.05) is 12.1 Å². The van der Waals surface area contributed by atoms with E-state index in [1.807, 2.05) is 12.1 Å². The van der Waals surface area contributed by atoms with Gasteiger partial charge in [-0.1, -0.05) is 18.6 Å². The molecule has 0 N–H and O–H groups in total. The van der Waals surface area contributed by atoms with Crippen LogP contribution in [0.1, 0.15) is 49.3 Å². The molecule has 0 unspecified atom stereocenters. The first-order valence-corrected chi connectivity index (χ1v) is 6.64. The van der Waals surface area contributed by atoms with E-state index in [1.165, 1.54) is 44.2 Å². The lowest BCUT2D eigenvalue weighted by Gasteiger charge is -2.34. The van der Waals surface area contributed by atoms with Gasteiger partial charge in [0.2, 0.25) is 0 Å². The van der Waals surface area contributed by atoms with Gasteiger partial charge in [0.25, 0.3) is 0 Å². The fraction of sp³-hybridized carbons (Fsp3) is 0.533. The minimum Gasteiger partial charge on any atom is -0.293 e. The smallest absolute Gasteiger partial charge is 0.0991 e. The van der Waals surface area contributed by atoms with Crippen LogP contribution in [-0.2, 0) is 0 Å². The van der Waals surface area contributed by atoms with Crippen molar-refractivity contribution in [1.82, 2.24) is 4.90 Å². The second-order valence-electron chi connectivity index (χ2n) is 5.21. The Morgan fingerprint density at radius 1 is 1.06 bits per heavy atom. The molecule has 2 heterocycles.